The molecular formula is C32H33F6N5O7S. The zero-order valence-corrected chi connectivity index (χ0v) is 28.1. The molecule has 2 aromatic heterocycles. The van der Waals surface area contributed by atoms with E-state index in [-0.39, 0.29) is 11.3 Å². The van der Waals surface area contributed by atoms with E-state index in [2.05, 4.69) is 41.1 Å². The van der Waals surface area contributed by atoms with Crippen molar-refractivity contribution in [3.05, 3.63) is 84.1 Å². The predicted molar refractivity (Wildman–Crippen MR) is 172 cm³/mol. The number of amides is 1. The summed E-state index contributed by atoms with van der Waals surface area (Å²) in [6.07, 6.45) is -7.40. The summed E-state index contributed by atoms with van der Waals surface area (Å²) in [4.78, 5) is 37.5. The Kier molecular flexibility index (Phi) is 12.4. The number of imidazole rings is 1. The normalized spacial score (nSPS) is 14.1. The summed E-state index contributed by atoms with van der Waals surface area (Å²) in [5.41, 5.74) is 2.36. The minimum absolute atomic E-state index is 0.0192. The minimum atomic E-state index is -5.08. The van der Waals surface area contributed by atoms with Gasteiger partial charge in [-0.3, -0.25) is 4.79 Å². The van der Waals surface area contributed by atoms with Crippen molar-refractivity contribution in [1.29, 1.82) is 0 Å². The number of halogens is 6. The molecule has 0 bridgehead atoms. The number of piperidine rings is 1. The van der Waals surface area contributed by atoms with Crippen LogP contribution in [0.25, 0.3) is 5.65 Å². The van der Waals surface area contributed by atoms with Crippen LogP contribution in [0, 0.1) is 0 Å². The van der Waals surface area contributed by atoms with Gasteiger partial charge in [-0.15, -0.1) is 5.10 Å². The van der Waals surface area contributed by atoms with E-state index >= 15 is 0 Å². The number of nitrogens with one attached hydrogen (secondary N) is 1. The minimum Gasteiger partial charge on any atom is -0.475 e. The lowest BCUT2D eigenvalue weighted by atomic mass is 9.87. The van der Waals surface area contributed by atoms with E-state index < -0.39 is 39.4 Å². The highest BCUT2D eigenvalue weighted by molar-refractivity contribution is 7.92. The SMILES string of the molecule is CC(C)(C)c1ccc(C(=O)Nc2cn3nc(N4CCC(S(=O)(=O)c5ccccc5)CC4)ccc3n2)cc1.O=C(O)C(F)(F)F.O=C(O)C(F)(F)F. The van der Waals surface area contributed by atoms with E-state index in [0.717, 1.165) is 11.4 Å². The molecule has 4 aromatic rings. The van der Waals surface area contributed by atoms with Crippen LogP contribution in [0.5, 0.6) is 0 Å². The molecule has 0 radical (unpaired) electrons. The lowest BCUT2D eigenvalue weighted by Gasteiger charge is -2.32. The molecule has 0 atom stereocenters. The van der Waals surface area contributed by atoms with E-state index in [1.54, 1.807) is 35.0 Å². The first-order valence-corrected chi connectivity index (χ1v) is 16.5. The van der Waals surface area contributed by atoms with Crippen molar-refractivity contribution in [2.75, 3.05) is 23.3 Å². The van der Waals surface area contributed by atoms with Crippen LogP contribution in [0.15, 0.2) is 77.8 Å². The number of nitrogens with zero attached hydrogens (tertiary/aromatic N) is 4. The number of rotatable bonds is 5. The molecule has 3 heterocycles. The van der Waals surface area contributed by atoms with Crippen LogP contribution < -0.4 is 10.2 Å². The van der Waals surface area contributed by atoms with Gasteiger partial charge in [0.05, 0.1) is 16.3 Å². The quantitative estimate of drug-likeness (QED) is 0.206. The molecule has 1 aliphatic rings. The van der Waals surface area contributed by atoms with Gasteiger partial charge < -0.3 is 20.4 Å². The number of carboxylic acids is 2. The first-order chi connectivity index (χ1) is 23.5. The second kappa shape index (κ2) is 15.8. The highest BCUT2D eigenvalue weighted by atomic mass is 32.2. The molecule has 19 heteroatoms. The Bertz CT molecular complexity index is 1910. The number of benzene rings is 2. The third-order valence-corrected chi connectivity index (χ3v) is 9.60. The van der Waals surface area contributed by atoms with Crippen molar-refractivity contribution in [2.24, 2.45) is 0 Å². The Morgan fingerprint density at radius 2 is 1.31 bits per heavy atom. The molecular weight excluding hydrogens is 712 g/mol. The zero-order chi connectivity index (χ0) is 38.4. The largest absolute Gasteiger partial charge is 0.490 e. The summed E-state index contributed by atoms with van der Waals surface area (Å²) < 4.78 is 91.1. The van der Waals surface area contributed by atoms with E-state index in [1.807, 2.05) is 42.5 Å². The molecule has 5 rings (SSSR count). The van der Waals surface area contributed by atoms with Crippen LogP contribution >= 0.6 is 0 Å². The summed E-state index contributed by atoms with van der Waals surface area (Å²) in [5.74, 6) is -4.58. The summed E-state index contributed by atoms with van der Waals surface area (Å²) in [6.45, 7) is 7.59. The summed E-state index contributed by atoms with van der Waals surface area (Å²) >= 11 is 0. The molecule has 1 fully saturated rings. The Morgan fingerprint density at radius 1 is 0.804 bits per heavy atom. The molecule has 51 heavy (non-hydrogen) atoms. The number of alkyl halides is 6. The number of carbonyl (C=O) groups is 3. The van der Waals surface area contributed by atoms with Gasteiger partial charge in [-0.1, -0.05) is 51.1 Å². The average Bonchev–Trinajstić information content (AvgIpc) is 3.46. The van der Waals surface area contributed by atoms with Crippen molar-refractivity contribution in [3.63, 3.8) is 0 Å². The van der Waals surface area contributed by atoms with E-state index in [1.165, 1.54) is 0 Å². The molecule has 0 spiro atoms. The third kappa shape index (κ3) is 11.1. The van der Waals surface area contributed by atoms with Gasteiger partial charge in [-0.2, -0.15) is 26.3 Å². The van der Waals surface area contributed by atoms with Gasteiger partial charge in [0.2, 0.25) is 0 Å². The molecule has 12 nitrogen and oxygen atoms in total. The number of aliphatic carboxylic acids is 2. The maximum absolute atomic E-state index is 13.0. The number of hydrogen-bond acceptors (Lipinski definition) is 8. The lowest BCUT2D eigenvalue weighted by Crippen LogP contribution is -2.39. The molecule has 3 N–H and O–H groups in total. The van der Waals surface area contributed by atoms with Crippen molar-refractivity contribution in [3.8, 4) is 0 Å². The van der Waals surface area contributed by atoms with Crippen LogP contribution in [0.2, 0.25) is 0 Å². The predicted octanol–water partition coefficient (Wildman–Crippen LogP) is 5.99. The Hall–Kier alpha value is -5.20. The van der Waals surface area contributed by atoms with Crippen molar-refractivity contribution >= 4 is 45.0 Å². The highest BCUT2D eigenvalue weighted by Gasteiger charge is 2.39. The second-order valence-corrected chi connectivity index (χ2v) is 14.3. The van der Waals surface area contributed by atoms with Crippen molar-refractivity contribution < 1.29 is 59.4 Å². The number of carboxylic acid groups (broad SMARTS) is 2. The van der Waals surface area contributed by atoms with Gasteiger partial charge in [0.15, 0.2) is 21.3 Å². The van der Waals surface area contributed by atoms with Gasteiger partial charge in [-0.05, 0) is 60.2 Å². The average molecular weight is 746 g/mol. The van der Waals surface area contributed by atoms with Crippen LogP contribution in [-0.4, -0.2) is 81.8 Å². The maximum atomic E-state index is 13.0. The smallest absolute Gasteiger partial charge is 0.475 e. The molecule has 2 aromatic carbocycles. The first-order valence-electron chi connectivity index (χ1n) is 14.9. The number of fused-ring (bicyclic) bond motifs is 1. The van der Waals surface area contributed by atoms with Crippen LogP contribution in [0.1, 0.15) is 49.5 Å². The van der Waals surface area contributed by atoms with E-state index in [4.69, 9.17) is 19.8 Å². The monoisotopic (exact) mass is 745 g/mol. The summed E-state index contributed by atoms with van der Waals surface area (Å²) in [5, 5.41) is 21.4. The van der Waals surface area contributed by atoms with Crippen LogP contribution in [0.4, 0.5) is 38.0 Å². The molecule has 0 aliphatic carbocycles. The molecule has 1 aliphatic heterocycles. The number of anilines is 2. The Labute approximate surface area is 287 Å². The fraction of sp³-hybridized carbons (Fsp3) is 0.344. The van der Waals surface area contributed by atoms with E-state index in [0.29, 0.717) is 47.9 Å². The first kappa shape index (κ1) is 40.2. The third-order valence-electron chi connectivity index (χ3n) is 7.32. The van der Waals surface area contributed by atoms with Gasteiger partial charge in [0.25, 0.3) is 5.91 Å². The highest BCUT2D eigenvalue weighted by Crippen LogP contribution is 2.27. The van der Waals surface area contributed by atoms with Crippen LogP contribution in [-0.2, 0) is 24.8 Å². The number of carbonyl (C=O) groups excluding carboxylic acids is 1. The zero-order valence-electron chi connectivity index (χ0n) is 27.2. The van der Waals surface area contributed by atoms with Crippen LogP contribution in [0.3, 0.4) is 0 Å². The standard InChI is InChI=1S/C28H31N5O3S.2C2HF3O2/c1-28(2,3)21-11-9-20(10-12-21)27(34)30-24-19-33-25(29-24)13-14-26(31-33)32-17-15-23(16-18-32)37(35,36)22-7-5-4-6-8-22;2*3-2(4,5)1(6)7/h4-14,19,23H,15-18H2,1-3H3,(H,30,34);2*(H,6,7). The fourth-order valence-electron chi connectivity index (χ4n) is 4.61. The second-order valence-electron chi connectivity index (χ2n) is 12.1. The lowest BCUT2D eigenvalue weighted by molar-refractivity contribution is -0.193. The van der Waals surface area contributed by atoms with Crippen molar-refractivity contribution in [1.82, 2.24) is 14.6 Å². The van der Waals surface area contributed by atoms with E-state index in [9.17, 15) is 39.6 Å². The topological polar surface area (TPSA) is 171 Å². The fourth-order valence-corrected chi connectivity index (χ4v) is 6.36. The molecule has 1 amide bonds. The Balaban J connectivity index is 0.000000424. The Morgan fingerprint density at radius 3 is 1.78 bits per heavy atom. The summed E-state index contributed by atoms with van der Waals surface area (Å²) in [6, 6.07) is 20.0. The summed E-state index contributed by atoms with van der Waals surface area (Å²) in [7, 11) is -3.35. The molecule has 276 valence electrons. The number of hydrogen-bond donors (Lipinski definition) is 3. The molecule has 0 unspecified atom stereocenters. The van der Waals surface area contributed by atoms with Gasteiger partial charge in [-0.25, -0.2) is 27.5 Å². The van der Waals surface area contributed by atoms with Gasteiger partial charge >= 0.3 is 24.3 Å². The number of aromatic nitrogens is 3. The van der Waals surface area contributed by atoms with Gasteiger partial charge in [0.1, 0.15) is 5.82 Å². The van der Waals surface area contributed by atoms with Crippen molar-refractivity contribution in [2.45, 2.75) is 61.5 Å². The maximum Gasteiger partial charge on any atom is 0.490 e. The molecule has 1 saturated heterocycles. The molecule has 0 saturated carbocycles. The number of sulfone groups is 1. The van der Waals surface area contributed by atoms with Gasteiger partial charge in [0, 0.05) is 18.7 Å².